The number of likely N-dealkylation sites (tertiary alicyclic amines) is 1. The molecule has 1 aliphatic heterocycles. The van der Waals surface area contributed by atoms with Crippen molar-refractivity contribution in [3.63, 3.8) is 0 Å². The number of aryl methyl sites for hydroxylation is 1. The normalized spacial score (nSPS) is 18.5. The summed E-state index contributed by atoms with van der Waals surface area (Å²) in [6.07, 6.45) is 1.68. The summed E-state index contributed by atoms with van der Waals surface area (Å²) in [6, 6.07) is 13.9. The van der Waals surface area contributed by atoms with E-state index in [1.54, 1.807) is 36.3 Å². The van der Waals surface area contributed by atoms with E-state index in [9.17, 15) is 14.7 Å². The molecule has 0 saturated carbocycles. The number of hydrogen-bond donors (Lipinski definition) is 1. The first-order chi connectivity index (χ1) is 13.5. The first kappa shape index (κ1) is 19.7. The van der Waals surface area contributed by atoms with Crippen LogP contribution in [0.4, 0.5) is 0 Å². The predicted molar refractivity (Wildman–Crippen MR) is 108 cm³/mol. The lowest BCUT2D eigenvalue weighted by molar-refractivity contribution is -0.139. The number of ketones is 1. The van der Waals surface area contributed by atoms with Gasteiger partial charge >= 0.3 is 0 Å². The van der Waals surface area contributed by atoms with Crippen LogP contribution in [-0.2, 0) is 9.59 Å². The highest BCUT2D eigenvalue weighted by molar-refractivity contribution is 6.46. The number of amides is 1. The topological polar surface area (TPSA) is 66.8 Å². The summed E-state index contributed by atoms with van der Waals surface area (Å²) in [5.41, 5.74) is 2.48. The number of rotatable bonds is 6. The summed E-state index contributed by atoms with van der Waals surface area (Å²) < 4.78 is 5.21. The maximum Gasteiger partial charge on any atom is 0.295 e. The van der Waals surface area contributed by atoms with Crippen molar-refractivity contribution in [1.82, 2.24) is 4.90 Å². The van der Waals surface area contributed by atoms with E-state index in [-0.39, 0.29) is 11.3 Å². The van der Waals surface area contributed by atoms with Gasteiger partial charge in [0.2, 0.25) is 0 Å². The summed E-state index contributed by atoms with van der Waals surface area (Å²) in [5, 5.41) is 10.9. The maximum absolute atomic E-state index is 12.8. The van der Waals surface area contributed by atoms with E-state index in [1.165, 1.54) is 0 Å². The molecule has 2 aromatic rings. The second kappa shape index (κ2) is 8.30. The molecule has 1 heterocycles. The minimum atomic E-state index is -0.644. The van der Waals surface area contributed by atoms with Crippen LogP contribution >= 0.6 is 0 Å². The van der Waals surface area contributed by atoms with Gasteiger partial charge in [-0.2, -0.15) is 0 Å². The molecule has 0 bridgehead atoms. The van der Waals surface area contributed by atoms with Gasteiger partial charge in [-0.25, -0.2) is 0 Å². The number of carbonyl (C=O) groups excluding carboxylic acids is 2. The summed E-state index contributed by atoms with van der Waals surface area (Å²) >= 11 is 0. The third kappa shape index (κ3) is 3.65. The van der Waals surface area contributed by atoms with Crippen molar-refractivity contribution in [2.45, 2.75) is 32.7 Å². The molecule has 1 aliphatic rings. The average Bonchev–Trinajstić information content (AvgIpc) is 2.97. The number of Topliss-reactive ketones (excluding diaryl/α,β-unsaturated/α-hetero) is 1. The number of ether oxygens (including phenoxy) is 1. The van der Waals surface area contributed by atoms with Gasteiger partial charge in [0.05, 0.1) is 18.7 Å². The quantitative estimate of drug-likeness (QED) is 0.463. The number of aliphatic hydroxyl groups excluding tert-OH is 1. The fourth-order valence-electron chi connectivity index (χ4n) is 3.44. The zero-order valence-electron chi connectivity index (χ0n) is 16.4. The van der Waals surface area contributed by atoms with E-state index in [0.29, 0.717) is 17.9 Å². The molecular weight excluding hydrogens is 354 g/mol. The predicted octanol–water partition coefficient (Wildman–Crippen LogP) is 4.23. The summed E-state index contributed by atoms with van der Waals surface area (Å²) in [5.74, 6) is -0.663. The maximum atomic E-state index is 12.8. The van der Waals surface area contributed by atoms with Crippen molar-refractivity contribution >= 4 is 17.4 Å². The van der Waals surface area contributed by atoms with Gasteiger partial charge in [0.15, 0.2) is 0 Å². The van der Waals surface area contributed by atoms with Crippen molar-refractivity contribution in [2.75, 3.05) is 13.7 Å². The fourth-order valence-corrected chi connectivity index (χ4v) is 3.44. The summed E-state index contributed by atoms with van der Waals surface area (Å²) in [6.45, 7) is 4.44. The first-order valence-corrected chi connectivity index (χ1v) is 9.47. The van der Waals surface area contributed by atoms with Gasteiger partial charge in [-0.1, -0.05) is 55.3 Å². The zero-order valence-corrected chi connectivity index (χ0v) is 16.4. The van der Waals surface area contributed by atoms with Crippen LogP contribution in [0, 0.1) is 6.92 Å². The minimum Gasteiger partial charge on any atom is -0.507 e. The summed E-state index contributed by atoms with van der Waals surface area (Å²) in [4.78, 5) is 27.1. The zero-order chi connectivity index (χ0) is 20.3. The van der Waals surface area contributed by atoms with Gasteiger partial charge in [0, 0.05) is 12.1 Å². The van der Waals surface area contributed by atoms with E-state index >= 15 is 0 Å². The number of methoxy groups -OCH3 is 1. The second-order valence-corrected chi connectivity index (χ2v) is 6.99. The Bertz CT molecular complexity index is 897. The average molecular weight is 379 g/mol. The molecule has 146 valence electrons. The molecule has 1 atom stereocenters. The van der Waals surface area contributed by atoms with Crippen molar-refractivity contribution < 1.29 is 19.4 Å². The van der Waals surface area contributed by atoms with E-state index in [2.05, 4.69) is 0 Å². The highest BCUT2D eigenvalue weighted by atomic mass is 16.5. The van der Waals surface area contributed by atoms with Gasteiger partial charge in [0.1, 0.15) is 11.5 Å². The number of nitrogens with zero attached hydrogens (tertiary/aromatic N) is 1. The molecule has 1 fully saturated rings. The van der Waals surface area contributed by atoms with Crippen LogP contribution in [0.15, 0.2) is 54.1 Å². The van der Waals surface area contributed by atoms with E-state index in [4.69, 9.17) is 4.74 Å². The third-order valence-electron chi connectivity index (χ3n) is 5.05. The Morgan fingerprint density at radius 1 is 1.07 bits per heavy atom. The Labute approximate surface area is 165 Å². The lowest BCUT2D eigenvalue weighted by Gasteiger charge is -2.25. The van der Waals surface area contributed by atoms with Gasteiger partial charge < -0.3 is 14.7 Å². The number of unbranched alkanes of at least 4 members (excludes halogenated alkanes) is 1. The molecule has 1 amide bonds. The molecule has 0 radical (unpaired) electrons. The van der Waals surface area contributed by atoms with Crippen molar-refractivity contribution in [3.8, 4) is 5.75 Å². The monoisotopic (exact) mass is 379 g/mol. The third-order valence-corrected chi connectivity index (χ3v) is 5.05. The SMILES string of the molecule is CCCCN1C(=O)C(=O)/C(=C(/O)c2ccc(C)cc2)[C@@H]1c1ccc(OC)cc1. The van der Waals surface area contributed by atoms with Gasteiger partial charge in [-0.05, 0) is 31.0 Å². The van der Waals surface area contributed by atoms with Gasteiger partial charge in [0.25, 0.3) is 11.7 Å². The molecule has 2 aromatic carbocycles. The van der Waals surface area contributed by atoms with Gasteiger partial charge in [-0.3, -0.25) is 9.59 Å². The van der Waals surface area contributed by atoms with Crippen LogP contribution in [0.25, 0.3) is 5.76 Å². The molecule has 1 saturated heterocycles. The molecule has 0 unspecified atom stereocenters. The Morgan fingerprint density at radius 3 is 2.29 bits per heavy atom. The van der Waals surface area contributed by atoms with Gasteiger partial charge in [-0.15, -0.1) is 0 Å². The molecule has 1 N–H and O–H groups in total. The molecular formula is C23H25NO4. The van der Waals surface area contributed by atoms with Crippen LogP contribution in [0.2, 0.25) is 0 Å². The molecule has 5 heteroatoms. The smallest absolute Gasteiger partial charge is 0.295 e. The van der Waals surface area contributed by atoms with E-state index in [0.717, 1.165) is 24.0 Å². The van der Waals surface area contributed by atoms with E-state index < -0.39 is 17.7 Å². The van der Waals surface area contributed by atoms with Crippen LogP contribution in [0.1, 0.15) is 42.5 Å². The van der Waals surface area contributed by atoms with E-state index in [1.807, 2.05) is 38.1 Å². The minimum absolute atomic E-state index is 0.134. The largest absolute Gasteiger partial charge is 0.507 e. The fraction of sp³-hybridized carbons (Fsp3) is 0.304. The molecule has 0 aliphatic carbocycles. The highest BCUT2D eigenvalue weighted by Gasteiger charge is 2.45. The number of benzene rings is 2. The molecule has 3 rings (SSSR count). The lowest BCUT2D eigenvalue weighted by Crippen LogP contribution is -2.30. The van der Waals surface area contributed by atoms with Crippen molar-refractivity contribution in [2.24, 2.45) is 0 Å². The first-order valence-electron chi connectivity index (χ1n) is 9.47. The summed E-state index contributed by atoms with van der Waals surface area (Å²) in [7, 11) is 1.58. The Morgan fingerprint density at radius 2 is 1.71 bits per heavy atom. The molecule has 5 nitrogen and oxygen atoms in total. The number of hydrogen-bond acceptors (Lipinski definition) is 4. The van der Waals surface area contributed by atoms with Crippen LogP contribution in [-0.4, -0.2) is 35.4 Å². The Kier molecular flexibility index (Phi) is 5.83. The van der Waals surface area contributed by atoms with Crippen molar-refractivity contribution in [3.05, 3.63) is 70.8 Å². The standard InChI is InChI=1S/C23H25NO4/c1-4-5-14-24-20(16-10-12-18(28-3)13-11-16)19(22(26)23(24)27)21(25)17-8-6-15(2)7-9-17/h6-13,20,25H,4-5,14H2,1-3H3/b21-19+/t20-/m0/s1. The molecule has 28 heavy (non-hydrogen) atoms. The highest BCUT2D eigenvalue weighted by Crippen LogP contribution is 2.39. The Balaban J connectivity index is 2.13. The number of carbonyl (C=O) groups is 2. The lowest BCUT2D eigenvalue weighted by atomic mass is 9.95. The molecule has 0 spiro atoms. The molecule has 0 aromatic heterocycles. The van der Waals surface area contributed by atoms with Crippen LogP contribution in [0.5, 0.6) is 5.75 Å². The number of aliphatic hydroxyl groups is 1. The second-order valence-electron chi connectivity index (χ2n) is 6.99. The van der Waals surface area contributed by atoms with Crippen LogP contribution in [0.3, 0.4) is 0 Å². The van der Waals surface area contributed by atoms with Crippen molar-refractivity contribution in [1.29, 1.82) is 0 Å². The van der Waals surface area contributed by atoms with Crippen LogP contribution < -0.4 is 4.74 Å². The Hall–Kier alpha value is -3.08.